The number of imide groups is 1. The number of ether oxygens (including phenoxy) is 1. The van der Waals surface area contributed by atoms with E-state index in [1.54, 1.807) is 4.90 Å². The van der Waals surface area contributed by atoms with Gasteiger partial charge < -0.3 is 9.64 Å². The monoisotopic (exact) mass is 488 g/mol. The second-order valence-electron chi connectivity index (χ2n) is 10.6. The lowest BCUT2D eigenvalue weighted by Gasteiger charge is -2.48. The number of carbonyl (C=O) groups excluding carboxylic acids is 3. The molecular weight excluding hydrogens is 456 g/mol. The molecule has 1 N–H and O–H groups in total. The molecule has 0 bridgehead atoms. The average molecular weight is 489 g/mol. The topological polar surface area (TPSA) is 91.8 Å². The molecule has 1 aliphatic carbocycles. The van der Waals surface area contributed by atoms with Crippen molar-refractivity contribution in [1.82, 2.24) is 20.1 Å². The molecule has 8 heteroatoms. The molecular formula is C28H32N4O4. The summed E-state index contributed by atoms with van der Waals surface area (Å²) in [6.07, 6.45) is 9.13. The molecule has 0 radical (unpaired) electrons. The highest BCUT2D eigenvalue weighted by atomic mass is 16.5. The Balaban J connectivity index is 1.12. The van der Waals surface area contributed by atoms with Gasteiger partial charge in [0.05, 0.1) is 0 Å². The first-order valence-corrected chi connectivity index (χ1v) is 13.1. The van der Waals surface area contributed by atoms with Gasteiger partial charge in [-0.2, -0.15) is 0 Å². The number of benzene rings is 1. The van der Waals surface area contributed by atoms with E-state index in [4.69, 9.17) is 4.74 Å². The summed E-state index contributed by atoms with van der Waals surface area (Å²) in [6, 6.07) is 7.61. The zero-order chi connectivity index (χ0) is 24.8. The van der Waals surface area contributed by atoms with Gasteiger partial charge in [0.15, 0.2) is 0 Å². The van der Waals surface area contributed by atoms with Crippen LogP contribution >= 0.6 is 0 Å². The Kier molecular flexibility index (Phi) is 5.99. The van der Waals surface area contributed by atoms with Crippen molar-refractivity contribution in [3.05, 3.63) is 58.9 Å². The zero-order valence-electron chi connectivity index (χ0n) is 20.6. The zero-order valence-corrected chi connectivity index (χ0v) is 20.6. The SMILES string of the molecule is Cc1cnccc1C1CN([C@H]2CCCC[C@@H]2Oc2ccc3c(c2)CN(C2CCC(=O)NC2=O)C3=O)C1. The van der Waals surface area contributed by atoms with E-state index >= 15 is 0 Å². The van der Waals surface area contributed by atoms with Crippen LogP contribution in [0.4, 0.5) is 0 Å². The maximum atomic E-state index is 13.0. The van der Waals surface area contributed by atoms with Gasteiger partial charge in [-0.05, 0) is 73.6 Å². The van der Waals surface area contributed by atoms with E-state index < -0.39 is 6.04 Å². The normalized spacial score (nSPS) is 27.0. The number of piperidine rings is 1. The van der Waals surface area contributed by atoms with Crippen LogP contribution in [0.1, 0.15) is 71.5 Å². The molecule has 3 amide bonds. The smallest absolute Gasteiger partial charge is 0.255 e. The van der Waals surface area contributed by atoms with E-state index in [2.05, 4.69) is 28.2 Å². The molecule has 2 aromatic rings. The van der Waals surface area contributed by atoms with Gasteiger partial charge in [-0.3, -0.25) is 29.6 Å². The minimum Gasteiger partial charge on any atom is -0.489 e. The first-order chi connectivity index (χ1) is 17.5. The fraction of sp³-hybridized carbons (Fsp3) is 0.500. The fourth-order valence-corrected chi connectivity index (χ4v) is 6.35. The van der Waals surface area contributed by atoms with Gasteiger partial charge in [0, 0.05) is 56.0 Å². The summed E-state index contributed by atoms with van der Waals surface area (Å²) in [6.45, 7) is 4.60. The Labute approximate surface area is 211 Å². The standard InChI is InChI=1S/C28H32N4O4/c1-17-13-29-11-10-21(17)19-14-31(15-19)23-4-2-3-5-25(23)36-20-6-7-22-18(12-20)16-32(28(22)35)24-8-9-26(33)30-27(24)34/h6-7,10-13,19,23-25H,2-5,8-9,14-16H2,1H3,(H,30,33,34)/t23-,24?,25-/m0/s1. The van der Waals surface area contributed by atoms with E-state index in [-0.39, 0.29) is 30.2 Å². The molecule has 1 unspecified atom stereocenters. The van der Waals surface area contributed by atoms with Crippen molar-refractivity contribution in [2.45, 2.75) is 76.1 Å². The van der Waals surface area contributed by atoms with Crippen LogP contribution in [-0.2, 0) is 16.1 Å². The second kappa shape index (κ2) is 9.32. The number of amides is 3. The van der Waals surface area contributed by atoms with Crippen LogP contribution in [0.5, 0.6) is 5.75 Å². The number of pyridine rings is 1. The van der Waals surface area contributed by atoms with Crippen LogP contribution in [0.25, 0.3) is 0 Å². The molecule has 3 atom stereocenters. The third-order valence-corrected chi connectivity index (χ3v) is 8.33. The van der Waals surface area contributed by atoms with E-state index in [1.165, 1.54) is 17.5 Å². The Morgan fingerprint density at radius 3 is 2.69 bits per heavy atom. The van der Waals surface area contributed by atoms with E-state index in [0.717, 1.165) is 43.7 Å². The Hall–Kier alpha value is -3.26. The molecule has 0 spiro atoms. The maximum absolute atomic E-state index is 13.0. The lowest BCUT2D eigenvalue weighted by Crippen LogP contribution is -2.57. The summed E-state index contributed by atoms with van der Waals surface area (Å²) in [5, 5.41) is 2.36. The Morgan fingerprint density at radius 2 is 1.89 bits per heavy atom. The molecule has 8 nitrogen and oxygen atoms in total. The highest BCUT2D eigenvalue weighted by molar-refractivity contribution is 6.05. The number of aromatic nitrogens is 1. The molecule has 3 fully saturated rings. The van der Waals surface area contributed by atoms with Crippen LogP contribution in [-0.4, -0.2) is 63.8 Å². The van der Waals surface area contributed by atoms with E-state index in [1.807, 2.05) is 30.6 Å². The summed E-state index contributed by atoms with van der Waals surface area (Å²) < 4.78 is 6.56. The van der Waals surface area contributed by atoms with Gasteiger partial charge in [0.25, 0.3) is 5.91 Å². The van der Waals surface area contributed by atoms with Crippen molar-refractivity contribution >= 4 is 17.7 Å². The van der Waals surface area contributed by atoms with Crippen molar-refractivity contribution in [1.29, 1.82) is 0 Å². The number of carbonyl (C=O) groups is 3. The summed E-state index contributed by atoms with van der Waals surface area (Å²) >= 11 is 0. The summed E-state index contributed by atoms with van der Waals surface area (Å²) in [7, 11) is 0. The number of nitrogens with zero attached hydrogens (tertiary/aromatic N) is 3. The minimum absolute atomic E-state index is 0.125. The van der Waals surface area contributed by atoms with Crippen LogP contribution < -0.4 is 10.1 Å². The van der Waals surface area contributed by atoms with Crippen molar-refractivity contribution in [2.24, 2.45) is 0 Å². The van der Waals surface area contributed by atoms with Crippen LogP contribution in [0, 0.1) is 6.92 Å². The highest BCUT2D eigenvalue weighted by Gasteiger charge is 2.41. The van der Waals surface area contributed by atoms with Gasteiger partial charge >= 0.3 is 0 Å². The van der Waals surface area contributed by atoms with Crippen molar-refractivity contribution in [2.75, 3.05) is 13.1 Å². The number of hydrogen-bond donors (Lipinski definition) is 1. The van der Waals surface area contributed by atoms with E-state index in [9.17, 15) is 14.4 Å². The van der Waals surface area contributed by atoms with Gasteiger partial charge in [0.1, 0.15) is 17.9 Å². The number of aryl methyl sites for hydroxylation is 1. The summed E-state index contributed by atoms with van der Waals surface area (Å²) in [4.78, 5) is 45.2. The molecule has 36 heavy (non-hydrogen) atoms. The van der Waals surface area contributed by atoms with Gasteiger partial charge in [-0.1, -0.05) is 6.42 Å². The first kappa shape index (κ1) is 23.2. The van der Waals surface area contributed by atoms with Crippen molar-refractivity contribution < 1.29 is 19.1 Å². The minimum atomic E-state index is -0.599. The van der Waals surface area contributed by atoms with Gasteiger partial charge in [-0.15, -0.1) is 0 Å². The maximum Gasteiger partial charge on any atom is 0.255 e. The predicted molar refractivity (Wildman–Crippen MR) is 132 cm³/mol. The van der Waals surface area contributed by atoms with Crippen LogP contribution in [0.15, 0.2) is 36.7 Å². The lowest BCUT2D eigenvalue weighted by atomic mass is 9.83. The number of rotatable bonds is 5. The number of nitrogens with one attached hydrogen (secondary N) is 1. The summed E-state index contributed by atoms with van der Waals surface area (Å²) in [5.41, 5.74) is 4.16. The lowest BCUT2D eigenvalue weighted by molar-refractivity contribution is -0.136. The first-order valence-electron chi connectivity index (χ1n) is 13.1. The Bertz CT molecular complexity index is 1210. The van der Waals surface area contributed by atoms with Crippen molar-refractivity contribution in [3.8, 4) is 5.75 Å². The molecule has 4 heterocycles. The molecule has 3 aliphatic heterocycles. The van der Waals surface area contributed by atoms with Crippen LogP contribution in [0.2, 0.25) is 0 Å². The molecule has 6 rings (SSSR count). The van der Waals surface area contributed by atoms with E-state index in [0.29, 0.717) is 30.5 Å². The highest BCUT2D eigenvalue weighted by Crippen LogP contribution is 2.37. The molecule has 1 aromatic carbocycles. The molecule has 188 valence electrons. The Morgan fingerprint density at radius 1 is 1.06 bits per heavy atom. The third-order valence-electron chi connectivity index (χ3n) is 8.33. The molecule has 1 aromatic heterocycles. The fourth-order valence-electron chi connectivity index (χ4n) is 6.35. The second-order valence-corrected chi connectivity index (χ2v) is 10.6. The number of hydrogen-bond acceptors (Lipinski definition) is 6. The third kappa shape index (κ3) is 4.17. The predicted octanol–water partition coefficient (Wildman–Crippen LogP) is 2.94. The molecule has 2 saturated heterocycles. The van der Waals surface area contributed by atoms with Crippen molar-refractivity contribution in [3.63, 3.8) is 0 Å². The van der Waals surface area contributed by atoms with Gasteiger partial charge in [0.2, 0.25) is 11.8 Å². The molecule has 1 saturated carbocycles. The quantitative estimate of drug-likeness (QED) is 0.651. The largest absolute Gasteiger partial charge is 0.489 e. The van der Waals surface area contributed by atoms with Crippen LogP contribution in [0.3, 0.4) is 0 Å². The summed E-state index contributed by atoms with van der Waals surface area (Å²) in [5.74, 6) is 0.524. The number of fused-ring (bicyclic) bond motifs is 1. The molecule has 4 aliphatic rings. The average Bonchev–Trinajstić information content (AvgIpc) is 3.16. The van der Waals surface area contributed by atoms with Gasteiger partial charge in [-0.25, -0.2) is 0 Å². The number of likely N-dealkylation sites (tertiary alicyclic amines) is 1.